The first kappa shape index (κ1) is 14.2. The zero-order valence-corrected chi connectivity index (χ0v) is 11.7. The molecule has 2 N–H and O–H groups in total. The summed E-state index contributed by atoms with van der Waals surface area (Å²) in [5.74, 6) is 0.912. The number of nitrogens with zero attached hydrogens (tertiary/aromatic N) is 2. The molecule has 1 saturated heterocycles. The molecule has 0 aromatic carbocycles. The average Bonchev–Trinajstić information content (AvgIpc) is 2.40. The molecule has 1 aliphatic rings. The van der Waals surface area contributed by atoms with Gasteiger partial charge in [0.25, 0.3) is 0 Å². The summed E-state index contributed by atoms with van der Waals surface area (Å²) < 4.78 is 5.64. The predicted octanol–water partition coefficient (Wildman–Crippen LogP) is 1.09. The van der Waals surface area contributed by atoms with Crippen molar-refractivity contribution in [3.05, 3.63) is 23.9 Å². The third kappa shape index (κ3) is 4.16. The van der Waals surface area contributed by atoms with Crippen molar-refractivity contribution in [2.75, 3.05) is 31.6 Å². The fourth-order valence-electron chi connectivity index (χ4n) is 2.43. The molecule has 0 aliphatic carbocycles. The van der Waals surface area contributed by atoms with Crippen molar-refractivity contribution in [3.63, 3.8) is 0 Å². The highest BCUT2D eigenvalue weighted by Crippen LogP contribution is 2.14. The van der Waals surface area contributed by atoms with Crippen molar-refractivity contribution >= 4 is 5.82 Å². The molecule has 0 saturated carbocycles. The minimum absolute atomic E-state index is 0.0715. The van der Waals surface area contributed by atoms with E-state index in [0.29, 0.717) is 0 Å². The van der Waals surface area contributed by atoms with Crippen LogP contribution in [-0.2, 0) is 11.3 Å². The lowest BCUT2D eigenvalue weighted by Gasteiger charge is -2.36. The highest BCUT2D eigenvalue weighted by atomic mass is 16.5. The van der Waals surface area contributed by atoms with E-state index in [1.807, 2.05) is 19.2 Å². The Balaban J connectivity index is 1.92. The minimum atomic E-state index is -0.0715. The maximum atomic E-state index is 9.22. The van der Waals surface area contributed by atoms with Crippen molar-refractivity contribution in [2.45, 2.75) is 32.6 Å². The van der Waals surface area contributed by atoms with Crippen molar-refractivity contribution in [3.8, 4) is 0 Å². The number of anilines is 1. The Bertz CT molecular complexity index is 383. The highest BCUT2D eigenvalue weighted by molar-refractivity contribution is 5.35. The van der Waals surface area contributed by atoms with Crippen molar-refractivity contribution in [2.24, 2.45) is 0 Å². The average molecular weight is 265 g/mol. The Morgan fingerprint density at radius 2 is 2.32 bits per heavy atom. The van der Waals surface area contributed by atoms with E-state index in [9.17, 15) is 5.11 Å². The van der Waals surface area contributed by atoms with Gasteiger partial charge in [-0.15, -0.1) is 0 Å². The second-order valence-electron chi connectivity index (χ2n) is 5.03. The molecule has 1 aromatic heterocycles. The molecule has 1 aromatic rings. The van der Waals surface area contributed by atoms with E-state index in [1.54, 1.807) is 0 Å². The zero-order chi connectivity index (χ0) is 13.7. The van der Waals surface area contributed by atoms with Gasteiger partial charge in [0, 0.05) is 32.4 Å². The van der Waals surface area contributed by atoms with E-state index in [2.05, 4.69) is 28.2 Å². The molecule has 5 nitrogen and oxygen atoms in total. The van der Waals surface area contributed by atoms with Gasteiger partial charge in [0.1, 0.15) is 5.82 Å². The maximum absolute atomic E-state index is 9.22. The van der Waals surface area contributed by atoms with Crippen molar-refractivity contribution < 1.29 is 9.84 Å². The molecule has 1 fully saturated rings. The number of aliphatic hydroxyl groups excluding tert-OH is 1. The standard InChI is InChI=1S/C14H23N3O2/c1-3-15-14-5-4-12(6-16-14)8-17-7-11(2)19-13(9-17)10-18/h4-6,11,13,18H,3,7-10H2,1-2H3,(H,15,16). The Hall–Kier alpha value is -1.17. The van der Waals surface area contributed by atoms with E-state index in [-0.39, 0.29) is 18.8 Å². The van der Waals surface area contributed by atoms with E-state index >= 15 is 0 Å². The normalized spacial score (nSPS) is 24.4. The summed E-state index contributed by atoms with van der Waals surface area (Å²) in [4.78, 5) is 6.68. The number of aliphatic hydroxyl groups is 1. The van der Waals surface area contributed by atoms with Crippen LogP contribution in [0, 0.1) is 0 Å². The van der Waals surface area contributed by atoms with Crippen molar-refractivity contribution in [1.29, 1.82) is 0 Å². The number of hydrogen-bond acceptors (Lipinski definition) is 5. The predicted molar refractivity (Wildman–Crippen MR) is 75.1 cm³/mol. The number of nitrogens with one attached hydrogen (secondary N) is 1. The molecule has 1 aliphatic heterocycles. The van der Waals surface area contributed by atoms with Gasteiger partial charge in [-0.05, 0) is 25.5 Å². The monoisotopic (exact) mass is 265 g/mol. The molecule has 5 heteroatoms. The van der Waals surface area contributed by atoms with Gasteiger partial charge in [0.2, 0.25) is 0 Å². The van der Waals surface area contributed by atoms with Gasteiger partial charge in [-0.25, -0.2) is 4.98 Å². The molecule has 106 valence electrons. The molecular weight excluding hydrogens is 242 g/mol. The van der Waals surface area contributed by atoms with Crippen LogP contribution in [0.3, 0.4) is 0 Å². The van der Waals surface area contributed by atoms with E-state index in [4.69, 9.17) is 4.74 Å². The molecule has 2 unspecified atom stereocenters. The topological polar surface area (TPSA) is 57.6 Å². The van der Waals surface area contributed by atoms with Crippen LogP contribution in [0.15, 0.2) is 18.3 Å². The molecule has 2 heterocycles. The summed E-state index contributed by atoms with van der Waals surface area (Å²) in [6.07, 6.45) is 2.00. The fourth-order valence-corrected chi connectivity index (χ4v) is 2.43. The Morgan fingerprint density at radius 3 is 2.95 bits per heavy atom. The van der Waals surface area contributed by atoms with E-state index in [1.165, 1.54) is 5.56 Å². The van der Waals surface area contributed by atoms with Crippen LogP contribution in [-0.4, -0.2) is 53.4 Å². The van der Waals surface area contributed by atoms with Crippen LogP contribution in [0.5, 0.6) is 0 Å². The van der Waals surface area contributed by atoms with E-state index < -0.39 is 0 Å². The van der Waals surface area contributed by atoms with Crippen LogP contribution in [0.4, 0.5) is 5.82 Å². The van der Waals surface area contributed by atoms with Gasteiger partial charge in [-0.1, -0.05) is 6.07 Å². The molecule has 0 spiro atoms. The smallest absolute Gasteiger partial charge is 0.125 e. The molecule has 0 bridgehead atoms. The van der Waals surface area contributed by atoms with Crippen LogP contribution in [0.2, 0.25) is 0 Å². The first-order chi connectivity index (χ1) is 9.21. The summed E-state index contributed by atoms with van der Waals surface area (Å²) >= 11 is 0. The lowest BCUT2D eigenvalue weighted by molar-refractivity contribution is -0.0972. The summed E-state index contributed by atoms with van der Waals surface area (Å²) in [5, 5.41) is 12.4. The van der Waals surface area contributed by atoms with E-state index in [0.717, 1.165) is 32.0 Å². The molecule has 19 heavy (non-hydrogen) atoms. The Morgan fingerprint density at radius 1 is 1.47 bits per heavy atom. The van der Waals surface area contributed by atoms with Crippen LogP contribution < -0.4 is 5.32 Å². The number of rotatable bonds is 5. The van der Waals surface area contributed by atoms with Gasteiger partial charge in [0.05, 0.1) is 18.8 Å². The number of ether oxygens (including phenoxy) is 1. The molecular formula is C14H23N3O2. The minimum Gasteiger partial charge on any atom is -0.394 e. The molecule has 2 atom stereocenters. The molecule has 2 rings (SSSR count). The first-order valence-electron chi connectivity index (χ1n) is 6.88. The fraction of sp³-hybridized carbons (Fsp3) is 0.643. The number of hydrogen-bond donors (Lipinski definition) is 2. The largest absolute Gasteiger partial charge is 0.394 e. The van der Waals surface area contributed by atoms with Gasteiger partial charge in [-0.2, -0.15) is 0 Å². The van der Waals surface area contributed by atoms with Crippen LogP contribution in [0.25, 0.3) is 0 Å². The lowest BCUT2D eigenvalue weighted by atomic mass is 10.2. The third-order valence-electron chi connectivity index (χ3n) is 3.19. The number of morpholine rings is 1. The maximum Gasteiger partial charge on any atom is 0.125 e. The second-order valence-corrected chi connectivity index (χ2v) is 5.03. The summed E-state index contributed by atoms with van der Waals surface area (Å²) in [6.45, 7) is 7.58. The SMILES string of the molecule is CCNc1ccc(CN2CC(C)OC(CO)C2)cn1. The van der Waals surface area contributed by atoms with Crippen molar-refractivity contribution in [1.82, 2.24) is 9.88 Å². The number of pyridine rings is 1. The summed E-state index contributed by atoms with van der Waals surface area (Å²) in [6, 6.07) is 4.10. The van der Waals surface area contributed by atoms with Gasteiger partial charge >= 0.3 is 0 Å². The summed E-state index contributed by atoms with van der Waals surface area (Å²) in [7, 11) is 0. The Kier molecular flexibility index (Phi) is 5.13. The first-order valence-corrected chi connectivity index (χ1v) is 6.88. The van der Waals surface area contributed by atoms with Gasteiger partial charge < -0.3 is 15.2 Å². The van der Waals surface area contributed by atoms with Crippen LogP contribution >= 0.6 is 0 Å². The van der Waals surface area contributed by atoms with Crippen LogP contribution in [0.1, 0.15) is 19.4 Å². The zero-order valence-electron chi connectivity index (χ0n) is 11.7. The quantitative estimate of drug-likeness (QED) is 0.835. The lowest BCUT2D eigenvalue weighted by Crippen LogP contribution is -2.47. The second kappa shape index (κ2) is 6.84. The number of aromatic nitrogens is 1. The molecule has 0 radical (unpaired) electrons. The third-order valence-corrected chi connectivity index (χ3v) is 3.19. The van der Waals surface area contributed by atoms with Gasteiger partial charge in [-0.3, -0.25) is 4.90 Å². The van der Waals surface area contributed by atoms with Gasteiger partial charge in [0.15, 0.2) is 0 Å². The molecule has 0 amide bonds. The summed E-state index contributed by atoms with van der Waals surface area (Å²) in [5.41, 5.74) is 1.19. The highest BCUT2D eigenvalue weighted by Gasteiger charge is 2.24. The Labute approximate surface area is 114 Å².